The average molecular weight is 398 g/mol. The number of nitrogens with zero attached hydrogens (tertiary/aromatic N) is 2. The van der Waals surface area contributed by atoms with E-state index in [9.17, 15) is 15.2 Å². The number of carboxylic acids is 1. The molecule has 0 aliphatic carbocycles. The van der Waals surface area contributed by atoms with Crippen LogP contribution >= 0.6 is 22.9 Å². The maximum Gasteiger partial charge on any atom is 0.339 e. The summed E-state index contributed by atoms with van der Waals surface area (Å²) in [6, 6.07) is 13.4. The molecule has 0 saturated heterocycles. The van der Waals surface area contributed by atoms with Crippen molar-refractivity contribution >= 4 is 40.2 Å². The lowest BCUT2D eigenvalue weighted by molar-refractivity contribution is 0.0694. The van der Waals surface area contributed by atoms with Gasteiger partial charge in [-0.3, -0.25) is 0 Å². The van der Waals surface area contributed by atoms with Gasteiger partial charge in [0.25, 0.3) is 0 Å². The van der Waals surface area contributed by atoms with Gasteiger partial charge in [-0.15, -0.1) is 11.3 Å². The SMILES string of the molecule is N#CC(=CNc1ccc(O)c(C(=O)O)c1)c1nc(-c2ccc(Cl)cc2)cs1. The van der Waals surface area contributed by atoms with Crippen LogP contribution < -0.4 is 5.32 Å². The van der Waals surface area contributed by atoms with Gasteiger partial charge in [-0.1, -0.05) is 23.7 Å². The number of carbonyl (C=O) groups is 1. The molecule has 0 bridgehead atoms. The molecule has 134 valence electrons. The minimum absolute atomic E-state index is 0.230. The largest absolute Gasteiger partial charge is 0.507 e. The van der Waals surface area contributed by atoms with Gasteiger partial charge in [0.2, 0.25) is 0 Å². The predicted molar refractivity (Wildman–Crippen MR) is 105 cm³/mol. The monoisotopic (exact) mass is 397 g/mol. The molecule has 3 rings (SSSR count). The van der Waals surface area contributed by atoms with E-state index in [0.717, 1.165) is 11.3 Å². The fourth-order valence-electron chi connectivity index (χ4n) is 2.25. The molecule has 2 aromatic carbocycles. The number of hydrogen-bond donors (Lipinski definition) is 3. The van der Waals surface area contributed by atoms with Gasteiger partial charge in [0, 0.05) is 27.9 Å². The highest BCUT2D eigenvalue weighted by Crippen LogP contribution is 2.27. The summed E-state index contributed by atoms with van der Waals surface area (Å²) in [5.74, 6) is -1.57. The van der Waals surface area contributed by atoms with Crippen molar-refractivity contribution in [3.8, 4) is 23.1 Å². The molecule has 0 fully saturated rings. The summed E-state index contributed by atoms with van der Waals surface area (Å²) in [7, 11) is 0. The highest BCUT2D eigenvalue weighted by atomic mass is 35.5. The van der Waals surface area contributed by atoms with Crippen molar-refractivity contribution in [1.29, 1.82) is 5.26 Å². The molecule has 0 amide bonds. The number of anilines is 1. The lowest BCUT2D eigenvalue weighted by atomic mass is 10.2. The van der Waals surface area contributed by atoms with Gasteiger partial charge >= 0.3 is 5.97 Å². The first-order valence-corrected chi connectivity index (χ1v) is 8.88. The summed E-state index contributed by atoms with van der Waals surface area (Å²) in [5, 5.41) is 33.9. The van der Waals surface area contributed by atoms with Crippen LogP contribution in [-0.2, 0) is 0 Å². The second-order valence-corrected chi connectivity index (χ2v) is 6.69. The Morgan fingerprint density at radius 3 is 2.67 bits per heavy atom. The van der Waals surface area contributed by atoms with Gasteiger partial charge in [0.05, 0.1) is 5.69 Å². The molecular formula is C19H12ClN3O3S. The van der Waals surface area contributed by atoms with Crippen LogP contribution in [-0.4, -0.2) is 21.2 Å². The molecule has 8 heteroatoms. The van der Waals surface area contributed by atoms with Crippen molar-refractivity contribution in [2.45, 2.75) is 0 Å². The van der Waals surface area contributed by atoms with Crippen molar-refractivity contribution in [2.24, 2.45) is 0 Å². The lowest BCUT2D eigenvalue weighted by Crippen LogP contribution is -1.98. The molecule has 1 aromatic heterocycles. The second kappa shape index (κ2) is 7.91. The number of halogens is 1. The number of nitriles is 1. The third kappa shape index (κ3) is 4.26. The second-order valence-electron chi connectivity index (χ2n) is 5.40. The van der Waals surface area contributed by atoms with E-state index in [1.165, 1.54) is 35.7 Å². The van der Waals surface area contributed by atoms with Crippen LogP contribution in [0.4, 0.5) is 5.69 Å². The topological polar surface area (TPSA) is 106 Å². The van der Waals surface area contributed by atoms with E-state index in [0.29, 0.717) is 21.3 Å². The number of nitrogens with one attached hydrogen (secondary N) is 1. The first-order valence-electron chi connectivity index (χ1n) is 7.63. The number of hydrogen-bond acceptors (Lipinski definition) is 6. The van der Waals surface area contributed by atoms with Gasteiger partial charge in [0.1, 0.15) is 28.0 Å². The van der Waals surface area contributed by atoms with Crippen LogP contribution in [0, 0.1) is 11.3 Å². The molecule has 0 radical (unpaired) electrons. The Balaban J connectivity index is 1.83. The number of benzene rings is 2. The number of thiazole rings is 1. The van der Waals surface area contributed by atoms with Crippen molar-refractivity contribution in [3.05, 3.63) is 69.6 Å². The van der Waals surface area contributed by atoms with Crippen LogP contribution in [0.2, 0.25) is 5.02 Å². The molecule has 0 aliphatic rings. The van der Waals surface area contributed by atoms with Crippen molar-refractivity contribution in [2.75, 3.05) is 5.32 Å². The molecule has 0 spiro atoms. The highest BCUT2D eigenvalue weighted by molar-refractivity contribution is 7.11. The number of carboxylic acid groups (broad SMARTS) is 1. The average Bonchev–Trinajstić information content (AvgIpc) is 3.14. The number of aromatic hydroxyl groups is 1. The Labute approximate surface area is 163 Å². The molecular weight excluding hydrogens is 386 g/mol. The third-order valence-corrected chi connectivity index (χ3v) is 4.73. The Morgan fingerprint density at radius 2 is 2.00 bits per heavy atom. The number of aromatic nitrogens is 1. The van der Waals surface area contributed by atoms with E-state index in [2.05, 4.69) is 16.4 Å². The van der Waals surface area contributed by atoms with E-state index in [4.69, 9.17) is 16.7 Å². The van der Waals surface area contributed by atoms with Gasteiger partial charge < -0.3 is 15.5 Å². The molecule has 1 heterocycles. The Morgan fingerprint density at radius 1 is 1.26 bits per heavy atom. The summed E-state index contributed by atoms with van der Waals surface area (Å²) in [5.41, 5.74) is 2.10. The summed E-state index contributed by atoms with van der Waals surface area (Å²) in [4.78, 5) is 15.5. The van der Waals surface area contributed by atoms with E-state index in [1.807, 2.05) is 17.5 Å². The van der Waals surface area contributed by atoms with Crippen LogP contribution in [0.15, 0.2) is 54.0 Å². The first kappa shape index (κ1) is 18.5. The van der Waals surface area contributed by atoms with Crippen molar-refractivity contribution < 1.29 is 15.0 Å². The first-order chi connectivity index (χ1) is 13.0. The predicted octanol–water partition coefficient (Wildman–Crippen LogP) is 4.84. The summed E-state index contributed by atoms with van der Waals surface area (Å²) >= 11 is 7.20. The number of rotatable bonds is 5. The Kier molecular flexibility index (Phi) is 5.41. The standard InChI is InChI=1S/C19H12ClN3O3S/c20-13-3-1-11(2-4-13)16-10-27-18(23-16)12(8-21)9-22-14-5-6-17(24)15(7-14)19(25)26/h1-7,9-10,22,24H,(H,25,26). The zero-order chi connectivity index (χ0) is 19.4. The van der Waals surface area contributed by atoms with E-state index in [1.54, 1.807) is 12.1 Å². The van der Waals surface area contributed by atoms with Crippen LogP contribution in [0.25, 0.3) is 16.8 Å². The van der Waals surface area contributed by atoms with E-state index >= 15 is 0 Å². The van der Waals surface area contributed by atoms with Crippen LogP contribution in [0.1, 0.15) is 15.4 Å². The summed E-state index contributed by atoms with van der Waals surface area (Å²) < 4.78 is 0. The fraction of sp³-hybridized carbons (Fsp3) is 0. The molecule has 0 aliphatic heterocycles. The molecule has 0 saturated carbocycles. The number of allylic oxidation sites excluding steroid dienone is 1. The minimum atomic E-state index is -1.24. The van der Waals surface area contributed by atoms with E-state index in [-0.39, 0.29) is 11.3 Å². The Hall–Kier alpha value is -3.34. The third-order valence-electron chi connectivity index (χ3n) is 3.61. The Bertz CT molecular complexity index is 1070. The maximum atomic E-state index is 11.1. The van der Waals surface area contributed by atoms with Gasteiger partial charge in [-0.25, -0.2) is 9.78 Å². The van der Waals surface area contributed by atoms with Crippen molar-refractivity contribution in [1.82, 2.24) is 4.98 Å². The summed E-state index contributed by atoms with van der Waals surface area (Å²) in [6.07, 6.45) is 1.45. The normalized spacial score (nSPS) is 11.0. The minimum Gasteiger partial charge on any atom is -0.507 e. The zero-order valence-electron chi connectivity index (χ0n) is 13.7. The smallest absolute Gasteiger partial charge is 0.339 e. The van der Waals surface area contributed by atoms with E-state index < -0.39 is 5.97 Å². The zero-order valence-corrected chi connectivity index (χ0v) is 15.3. The molecule has 6 nitrogen and oxygen atoms in total. The van der Waals surface area contributed by atoms with Crippen molar-refractivity contribution in [3.63, 3.8) is 0 Å². The van der Waals surface area contributed by atoms with Gasteiger partial charge in [-0.05, 0) is 30.3 Å². The number of aromatic carboxylic acids is 1. The lowest BCUT2D eigenvalue weighted by Gasteiger charge is -2.05. The van der Waals surface area contributed by atoms with Gasteiger partial charge in [-0.2, -0.15) is 5.26 Å². The van der Waals surface area contributed by atoms with Gasteiger partial charge in [0.15, 0.2) is 0 Å². The number of phenols is 1. The fourth-order valence-corrected chi connectivity index (χ4v) is 3.17. The maximum absolute atomic E-state index is 11.1. The quantitative estimate of drug-likeness (QED) is 0.420. The summed E-state index contributed by atoms with van der Waals surface area (Å²) in [6.45, 7) is 0. The molecule has 0 atom stereocenters. The molecule has 0 unspecified atom stereocenters. The molecule has 3 N–H and O–H groups in total. The highest BCUT2D eigenvalue weighted by Gasteiger charge is 2.11. The van der Waals surface area contributed by atoms with Crippen LogP contribution in [0.5, 0.6) is 5.75 Å². The molecule has 27 heavy (non-hydrogen) atoms. The molecule has 3 aromatic rings. The van der Waals surface area contributed by atoms with Crippen LogP contribution in [0.3, 0.4) is 0 Å².